The summed E-state index contributed by atoms with van der Waals surface area (Å²) in [6, 6.07) is 0. The quantitative estimate of drug-likeness (QED) is 0.654. The van der Waals surface area contributed by atoms with Crippen LogP contribution >= 0.6 is 11.6 Å². The molecule has 4 nitrogen and oxygen atoms in total. The molecule has 0 aromatic carbocycles. The molecule has 0 amide bonds. The van der Waals surface area contributed by atoms with Crippen LogP contribution < -0.4 is 0 Å². The molecule has 5 heteroatoms. The molecule has 0 saturated carbocycles. The van der Waals surface area contributed by atoms with Crippen LogP contribution in [-0.4, -0.2) is 19.5 Å². The van der Waals surface area contributed by atoms with Gasteiger partial charge in [-0.1, -0.05) is 11.6 Å². The molecule has 68 valence electrons. The van der Waals surface area contributed by atoms with Crippen LogP contribution in [0.4, 0.5) is 0 Å². The lowest BCUT2D eigenvalue weighted by Gasteiger charge is -1.98. The molecular formula is C8H9ClN4. The first-order chi connectivity index (χ1) is 6.22. The van der Waals surface area contributed by atoms with E-state index in [-0.39, 0.29) is 0 Å². The number of nitrogens with zero attached hydrogens (tertiary/aromatic N) is 4. The molecule has 0 saturated heterocycles. The third kappa shape index (κ3) is 1.27. The first-order valence-corrected chi connectivity index (χ1v) is 4.45. The Morgan fingerprint density at radius 2 is 2.23 bits per heavy atom. The molecule has 13 heavy (non-hydrogen) atoms. The molecule has 2 heterocycles. The van der Waals surface area contributed by atoms with Crippen molar-refractivity contribution >= 4 is 22.8 Å². The van der Waals surface area contributed by atoms with Gasteiger partial charge in [0.25, 0.3) is 0 Å². The van der Waals surface area contributed by atoms with E-state index in [9.17, 15) is 0 Å². The molecule has 0 bridgehead atoms. The summed E-state index contributed by atoms with van der Waals surface area (Å²) in [7, 11) is 0. The Hall–Kier alpha value is -1.16. The molecule has 0 aliphatic rings. The smallest absolute Gasteiger partial charge is 0.165 e. The van der Waals surface area contributed by atoms with Gasteiger partial charge in [0.1, 0.15) is 11.3 Å². The van der Waals surface area contributed by atoms with Crippen molar-refractivity contribution in [1.82, 2.24) is 19.5 Å². The Balaban J connectivity index is 2.82. The van der Waals surface area contributed by atoms with Crippen LogP contribution in [0.1, 0.15) is 12.7 Å². The molecule has 0 aliphatic carbocycles. The second kappa shape index (κ2) is 2.96. The van der Waals surface area contributed by atoms with E-state index in [0.29, 0.717) is 16.5 Å². The summed E-state index contributed by atoms with van der Waals surface area (Å²) >= 11 is 5.91. The van der Waals surface area contributed by atoms with Crippen molar-refractivity contribution in [3.05, 3.63) is 17.3 Å². The molecule has 0 fully saturated rings. The van der Waals surface area contributed by atoms with E-state index in [1.165, 1.54) is 0 Å². The number of hydrogen-bond donors (Lipinski definition) is 0. The Labute approximate surface area is 80.6 Å². The van der Waals surface area contributed by atoms with Crippen LogP contribution in [0, 0.1) is 6.92 Å². The summed E-state index contributed by atoms with van der Waals surface area (Å²) in [5, 5.41) is 0.426. The molecule has 0 radical (unpaired) electrons. The lowest BCUT2D eigenvalue weighted by molar-refractivity contribution is 0.775. The number of hydrogen-bond acceptors (Lipinski definition) is 3. The number of aryl methyl sites for hydroxylation is 2. The molecule has 0 atom stereocenters. The van der Waals surface area contributed by atoms with Crippen molar-refractivity contribution in [2.75, 3.05) is 0 Å². The molecule has 2 aromatic rings. The second-order valence-electron chi connectivity index (χ2n) is 2.76. The zero-order valence-corrected chi connectivity index (χ0v) is 8.21. The summed E-state index contributed by atoms with van der Waals surface area (Å²) in [5.74, 6) is 0.674. The van der Waals surface area contributed by atoms with Crippen molar-refractivity contribution in [2.45, 2.75) is 20.4 Å². The fraction of sp³-hybridized carbons (Fsp3) is 0.375. The number of halogens is 1. The zero-order valence-electron chi connectivity index (χ0n) is 7.45. The van der Waals surface area contributed by atoms with Crippen LogP contribution in [0.25, 0.3) is 11.2 Å². The van der Waals surface area contributed by atoms with Gasteiger partial charge in [0.05, 0.1) is 6.33 Å². The van der Waals surface area contributed by atoms with Gasteiger partial charge in [-0.25, -0.2) is 15.0 Å². The highest BCUT2D eigenvalue weighted by atomic mass is 35.5. The lowest BCUT2D eigenvalue weighted by Crippen LogP contribution is -1.96. The Morgan fingerprint density at radius 1 is 1.46 bits per heavy atom. The Kier molecular flexibility index (Phi) is 1.92. The molecule has 0 aliphatic heterocycles. The molecular weight excluding hydrogens is 188 g/mol. The fourth-order valence-electron chi connectivity index (χ4n) is 1.24. The highest BCUT2D eigenvalue weighted by molar-refractivity contribution is 6.33. The fourth-order valence-corrected chi connectivity index (χ4v) is 1.50. The van der Waals surface area contributed by atoms with Gasteiger partial charge in [-0.2, -0.15) is 0 Å². The first kappa shape index (κ1) is 8.44. The van der Waals surface area contributed by atoms with Gasteiger partial charge in [-0.05, 0) is 13.8 Å². The van der Waals surface area contributed by atoms with E-state index >= 15 is 0 Å². The SMILES string of the molecule is CCn1cnc2c(Cl)nc(C)nc21. The number of imidazole rings is 1. The van der Waals surface area contributed by atoms with Gasteiger partial charge < -0.3 is 4.57 Å². The van der Waals surface area contributed by atoms with E-state index in [1.807, 2.05) is 18.4 Å². The van der Waals surface area contributed by atoms with Crippen LogP contribution in [0.5, 0.6) is 0 Å². The second-order valence-corrected chi connectivity index (χ2v) is 3.12. The van der Waals surface area contributed by atoms with Crippen molar-refractivity contribution in [1.29, 1.82) is 0 Å². The standard InChI is InChI=1S/C8H9ClN4/c1-3-13-4-10-6-7(9)11-5(2)12-8(6)13/h4H,3H2,1-2H3. The predicted octanol–water partition coefficient (Wildman–Crippen LogP) is 1.81. The van der Waals surface area contributed by atoms with Crippen molar-refractivity contribution < 1.29 is 0 Å². The average Bonchev–Trinajstić information content (AvgIpc) is 2.47. The summed E-state index contributed by atoms with van der Waals surface area (Å²) in [6.45, 7) is 4.69. The minimum atomic E-state index is 0.426. The third-order valence-electron chi connectivity index (χ3n) is 1.87. The van der Waals surface area contributed by atoms with Crippen molar-refractivity contribution in [3.8, 4) is 0 Å². The predicted molar refractivity (Wildman–Crippen MR) is 50.7 cm³/mol. The van der Waals surface area contributed by atoms with Crippen LogP contribution in [0.2, 0.25) is 5.15 Å². The monoisotopic (exact) mass is 196 g/mol. The number of aromatic nitrogens is 4. The van der Waals surface area contributed by atoms with E-state index in [4.69, 9.17) is 11.6 Å². The number of fused-ring (bicyclic) bond motifs is 1. The molecule has 2 aromatic heterocycles. The minimum Gasteiger partial charge on any atom is -0.315 e. The Bertz CT molecular complexity index is 449. The van der Waals surface area contributed by atoms with Crippen LogP contribution in [-0.2, 0) is 6.54 Å². The van der Waals surface area contributed by atoms with Gasteiger partial charge in [0.2, 0.25) is 0 Å². The normalized spacial score (nSPS) is 11.0. The largest absolute Gasteiger partial charge is 0.315 e. The maximum Gasteiger partial charge on any atom is 0.165 e. The van der Waals surface area contributed by atoms with E-state index < -0.39 is 0 Å². The van der Waals surface area contributed by atoms with E-state index in [0.717, 1.165) is 12.2 Å². The summed E-state index contributed by atoms with van der Waals surface area (Å²) < 4.78 is 1.94. The maximum atomic E-state index is 5.91. The first-order valence-electron chi connectivity index (χ1n) is 4.07. The van der Waals surface area contributed by atoms with E-state index in [1.54, 1.807) is 6.33 Å². The zero-order chi connectivity index (χ0) is 9.42. The highest BCUT2D eigenvalue weighted by Crippen LogP contribution is 2.18. The van der Waals surface area contributed by atoms with Gasteiger partial charge in [-0.15, -0.1) is 0 Å². The molecule has 0 unspecified atom stereocenters. The lowest BCUT2D eigenvalue weighted by atomic mass is 10.5. The topological polar surface area (TPSA) is 43.6 Å². The van der Waals surface area contributed by atoms with Gasteiger partial charge in [0.15, 0.2) is 10.8 Å². The van der Waals surface area contributed by atoms with Crippen molar-refractivity contribution in [3.63, 3.8) is 0 Å². The maximum absolute atomic E-state index is 5.91. The van der Waals surface area contributed by atoms with Gasteiger partial charge >= 0.3 is 0 Å². The minimum absolute atomic E-state index is 0.426. The number of rotatable bonds is 1. The van der Waals surface area contributed by atoms with Crippen molar-refractivity contribution in [2.24, 2.45) is 0 Å². The Morgan fingerprint density at radius 3 is 2.92 bits per heavy atom. The van der Waals surface area contributed by atoms with Crippen LogP contribution in [0.15, 0.2) is 6.33 Å². The summed E-state index contributed by atoms with van der Waals surface area (Å²) in [5.41, 5.74) is 1.48. The third-order valence-corrected chi connectivity index (χ3v) is 2.14. The summed E-state index contributed by atoms with van der Waals surface area (Å²) in [4.78, 5) is 12.4. The average molecular weight is 197 g/mol. The molecule has 0 spiro atoms. The van der Waals surface area contributed by atoms with Crippen LogP contribution in [0.3, 0.4) is 0 Å². The highest BCUT2D eigenvalue weighted by Gasteiger charge is 2.08. The van der Waals surface area contributed by atoms with Gasteiger partial charge in [0, 0.05) is 6.54 Å². The van der Waals surface area contributed by atoms with E-state index in [2.05, 4.69) is 15.0 Å². The van der Waals surface area contributed by atoms with Gasteiger partial charge in [-0.3, -0.25) is 0 Å². The summed E-state index contributed by atoms with van der Waals surface area (Å²) in [6.07, 6.45) is 1.73. The molecule has 2 rings (SSSR count). The molecule has 0 N–H and O–H groups in total.